The fourth-order valence-corrected chi connectivity index (χ4v) is 0.154. The Labute approximate surface area is 46.5 Å². The first-order valence-corrected chi connectivity index (χ1v) is 2.44. The molecule has 0 saturated heterocycles. The quantitative estimate of drug-likeness (QED) is 0.500. The zero-order chi connectivity index (χ0) is 5.86. The van der Waals surface area contributed by atoms with Gasteiger partial charge in [-0.2, -0.15) is 8.78 Å². The molecule has 0 aliphatic heterocycles. The lowest BCUT2D eigenvalue weighted by Crippen LogP contribution is -1.99. The summed E-state index contributed by atoms with van der Waals surface area (Å²) >= 11 is 5.01. The largest absolute Gasteiger partial charge is 0.327 e. The molecule has 0 rings (SSSR count). The fraction of sp³-hybridized carbons (Fsp3) is 0.750. The summed E-state index contributed by atoms with van der Waals surface area (Å²) in [5, 5.41) is -1.04. The number of alkyl halides is 1. The summed E-state index contributed by atoms with van der Waals surface area (Å²) in [6, 6.07) is 0. The molecular weight excluding hydrogens is 121 g/mol. The Hall–Kier alpha value is 0.150. The van der Waals surface area contributed by atoms with E-state index in [1.165, 1.54) is 0 Å². The van der Waals surface area contributed by atoms with Crippen LogP contribution in [-0.2, 0) is 0 Å². The van der Waals surface area contributed by atoms with Crippen molar-refractivity contribution in [2.75, 3.05) is 0 Å². The summed E-state index contributed by atoms with van der Waals surface area (Å²) in [4.78, 5) is 0. The molecule has 0 N–H and O–H groups in total. The molecule has 7 heavy (non-hydrogen) atoms. The van der Waals surface area contributed by atoms with E-state index in [1.54, 1.807) is 6.92 Å². The van der Waals surface area contributed by atoms with E-state index in [-0.39, 0.29) is 0 Å². The van der Waals surface area contributed by atoms with Gasteiger partial charge >= 0.3 is 6.43 Å². The van der Waals surface area contributed by atoms with E-state index >= 15 is 0 Å². The number of halogens is 3. The Morgan fingerprint density at radius 1 is 1.71 bits per heavy atom. The molecule has 0 aromatic rings. The average molecular weight is 128 g/mol. The molecule has 0 spiro atoms. The molecule has 0 aromatic carbocycles. The van der Waals surface area contributed by atoms with Gasteiger partial charge in [-0.3, -0.25) is 0 Å². The summed E-state index contributed by atoms with van der Waals surface area (Å²) in [6.45, 7) is 1.61. The Bertz CT molecular complexity index is 47.0. The standard InChI is InChI=1S/C4H6ClF2/c1-2-3(5)4(6)7/h3H,2H2,1H3. The summed E-state index contributed by atoms with van der Waals surface area (Å²) < 4.78 is 22.4. The van der Waals surface area contributed by atoms with Crippen LogP contribution >= 0.6 is 11.6 Å². The van der Waals surface area contributed by atoms with Crippen molar-refractivity contribution in [2.45, 2.75) is 18.7 Å². The highest BCUT2D eigenvalue weighted by Gasteiger charge is 2.15. The summed E-state index contributed by atoms with van der Waals surface area (Å²) in [7, 11) is 0. The Balaban J connectivity index is 3.14. The molecule has 0 fully saturated rings. The van der Waals surface area contributed by atoms with Crippen LogP contribution in [0, 0.1) is 6.43 Å². The van der Waals surface area contributed by atoms with Gasteiger partial charge < -0.3 is 0 Å². The van der Waals surface area contributed by atoms with Gasteiger partial charge in [0.25, 0.3) is 0 Å². The first kappa shape index (κ1) is 7.15. The molecule has 0 aliphatic carbocycles. The van der Waals surface area contributed by atoms with Crippen LogP contribution in [0.4, 0.5) is 8.78 Å². The number of rotatable bonds is 2. The third-order valence-corrected chi connectivity index (χ3v) is 1.07. The van der Waals surface area contributed by atoms with Crippen molar-refractivity contribution in [3.05, 3.63) is 6.43 Å². The summed E-state index contributed by atoms with van der Waals surface area (Å²) in [6.07, 6.45) is -1.40. The maximum absolute atomic E-state index is 11.2. The van der Waals surface area contributed by atoms with Gasteiger partial charge in [-0.15, -0.1) is 11.6 Å². The minimum atomic E-state index is -1.69. The monoisotopic (exact) mass is 127 g/mol. The van der Waals surface area contributed by atoms with E-state index in [0.29, 0.717) is 6.42 Å². The zero-order valence-corrected chi connectivity index (χ0v) is 4.67. The van der Waals surface area contributed by atoms with Crippen LogP contribution in [-0.4, -0.2) is 5.38 Å². The minimum Gasteiger partial charge on any atom is -0.198 e. The van der Waals surface area contributed by atoms with Gasteiger partial charge in [0.15, 0.2) is 0 Å². The first-order valence-electron chi connectivity index (χ1n) is 2.00. The number of hydrogen-bond donors (Lipinski definition) is 0. The molecule has 0 aromatic heterocycles. The molecule has 0 nitrogen and oxygen atoms in total. The molecule has 0 heterocycles. The molecule has 3 heteroatoms. The smallest absolute Gasteiger partial charge is 0.198 e. The van der Waals surface area contributed by atoms with Crippen LogP contribution < -0.4 is 0 Å². The first-order chi connectivity index (χ1) is 3.18. The zero-order valence-electron chi connectivity index (χ0n) is 3.92. The van der Waals surface area contributed by atoms with Crippen LogP contribution in [0.2, 0.25) is 0 Å². The number of hydrogen-bond acceptors (Lipinski definition) is 0. The molecule has 0 bridgehead atoms. The lowest BCUT2D eigenvalue weighted by atomic mass is 10.3. The predicted octanol–water partition coefficient (Wildman–Crippen LogP) is 2.43. The van der Waals surface area contributed by atoms with Crippen molar-refractivity contribution < 1.29 is 8.78 Å². The van der Waals surface area contributed by atoms with Gasteiger partial charge in [0.2, 0.25) is 0 Å². The van der Waals surface area contributed by atoms with Crippen molar-refractivity contribution in [1.82, 2.24) is 0 Å². The molecule has 0 amide bonds. The van der Waals surface area contributed by atoms with Gasteiger partial charge in [-0.05, 0) is 6.42 Å². The summed E-state index contributed by atoms with van der Waals surface area (Å²) in [5.74, 6) is 0. The molecule has 0 aliphatic rings. The SMILES string of the molecule is CCC(Cl)[C](F)F. The van der Waals surface area contributed by atoms with E-state index in [0.717, 1.165) is 0 Å². The van der Waals surface area contributed by atoms with Gasteiger partial charge in [0.1, 0.15) is 5.38 Å². The van der Waals surface area contributed by atoms with Crippen molar-refractivity contribution >= 4 is 11.6 Å². The molecule has 1 radical (unpaired) electrons. The Morgan fingerprint density at radius 3 is 2.14 bits per heavy atom. The van der Waals surface area contributed by atoms with E-state index in [9.17, 15) is 8.78 Å². The Kier molecular flexibility index (Phi) is 3.26. The highest BCUT2D eigenvalue weighted by Crippen LogP contribution is 2.18. The van der Waals surface area contributed by atoms with Crippen LogP contribution in [0.3, 0.4) is 0 Å². The van der Waals surface area contributed by atoms with Gasteiger partial charge in [0, 0.05) is 0 Å². The molecule has 1 unspecified atom stereocenters. The minimum absolute atomic E-state index is 0.296. The maximum Gasteiger partial charge on any atom is 0.327 e. The van der Waals surface area contributed by atoms with E-state index in [2.05, 4.69) is 0 Å². The molecule has 0 saturated carbocycles. The normalized spacial score (nSPS) is 15.0. The topological polar surface area (TPSA) is 0 Å². The van der Waals surface area contributed by atoms with Crippen LogP contribution in [0.25, 0.3) is 0 Å². The molecule has 1 atom stereocenters. The molecule has 43 valence electrons. The highest BCUT2D eigenvalue weighted by atomic mass is 35.5. The maximum atomic E-state index is 11.2. The third kappa shape index (κ3) is 2.80. The predicted molar refractivity (Wildman–Crippen MR) is 25.4 cm³/mol. The van der Waals surface area contributed by atoms with Crippen molar-refractivity contribution in [3.8, 4) is 0 Å². The van der Waals surface area contributed by atoms with E-state index in [1.807, 2.05) is 0 Å². The van der Waals surface area contributed by atoms with E-state index < -0.39 is 11.8 Å². The second kappa shape index (κ2) is 3.19. The van der Waals surface area contributed by atoms with Gasteiger partial charge in [0.05, 0.1) is 0 Å². The van der Waals surface area contributed by atoms with Gasteiger partial charge in [-0.25, -0.2) is 0 Å². The highest BCUT2D eigenvalue weighted by molar-refractivity contribution is 6.21. The molecular formula is C4H6ClF2. The second-order valence-electron chi connectivity index (χ2n) is 1.17. The van der Waals surface area contributed by atoms with Crippen molar-refractivity contribution in [2.24, 2.45) is 0 Å². The lowest BCUT2D eigenvalue weighted by Gasteiger charge is -1.98. The summed E-state index contributed by atoms with van der Waals surface area (Å²) in [5.41, 5.74) is 0. The average Bonchev–Trinajstić information content (AvgIpc) is 1.65. The van der Waals surface area contributed by atoms with Crippen LogP contribution in [0.15, 0.2) is 0 Å². The third-order valence-electron chi connectivity index (χ3n) is 0.595. The van der Waals surface area contributed by atoms with Crippen molar-refractivity contribution in [1.29, 1.82) is 0 Å². The second-order valence-corrected chi connectivity index (χ2v) is 1.69. The fourth-order valence-electron chi connectivity index (χ4n) is 0.154. The lowest BCUT2D eigenvalue weighted by molar-refractivity contribution is 0.272. The Morgan fingerprint density at radius 2 is 2.14 bits per heavy atom. The van der Waals surface area contributed by atoms with Crippen LogP contribution in [0.5, 0.6) is 0 Å². The van der Waals surface area contributed by atoms with E-state index in [4.69, 9.17) is 11.6 Å². The van der Waals surface area contributed by atoms with Crippen LogP contribution in [0.1, 0.15) is 13.3 Å². The van der Waals surface area contributed by atoms with Gasteiger partial charge in [-0.1, -0.05) is 6.92 Å². The van der Waals surface area contributed by atoms with Crippen molar-refractivity contribution in [3.63, 3.8) is 0 Å².